The van der Waals surface area contributed by atoms with Gasteiger partial charge in [-0.05, 0) is 25.8 Å². The molecule has 3 unspecified atom stereocenters. The number of likely N-dealkylation sites (tertiary alicyclic amines) is 1. The maximum absolute atomic E-state index is 12.9. The Morgan fingerprint density at radius 2 is 2.08 bits per heavy atom. The van der Waals surface area contributed by atoms with Gasteiger partial charge in [-0.1, -0.05) is 35.5 Å². The molecule has 2 amide bonds. The molecule has 1 aromatic carbocycles. The van der Waals surface area contributed by atoms with Gasteiger partial charge in [-0.25, -0.2) is 0 Å². The zero-order chi connectivity index (χ0) is 18.0. The molecule has 1 aliphatic heterocycles. The minimum atomic E-state index is -0.381. The average Bonchev–Trinajstić information content (AvgIpc) is 3.04. The van der Waals surface area contributed by atoms with Crippen LogP contribution in [0.25, 0.3) is 0 Å². The van der Waals surface area contributed by atoms with Crippen LogP contribution in [0.4, 0.5) is 0 Å². The fourth-order valence-electron chi connectivity index (χ4n) is 3.29. The van der Waals surface area contributed by atoms with Crippen LogP contribution in [0.3, 0.4) is 0 Å². The van der Waals surface area contributed by atoms with Gasteiger partial charge in [0.15, 0.2) is 5.82 Å². The smallest absolute Gasteiger partial charge is 0.248 e. The van der Waals surface area contributed by atoms with Gasteiger partial charge in [-0.15, -0.1) is 0 Å². The largest absolute Gasteiger partial charge is 0.344 e. The van der Waals surface area contributed by atoms with Crippen LogP contribution in [0.15, 0.2) is 34.9 Å². The molecular formula is C18H22N4O3. The first-order chi connectivity index (χ1) is 12.0. The quantitative estimate of drug-likeness (QED) is 0.920. The maximum Gasteiger partial charge on any atom is 0.248 e. The van der Waals surface area contributed by atoms with E-state index < -0.39 is 0 Å². The van der Waals surface area contributed by atoms with E-state index in [0.29, 0.717) is 24.6 Å². The zero-order valence-corrected chi connectivity index (χ0v) is 14.6. The summed E-state index contributed by atoms with van der Waals surface area (Å²) in [6.45, 7) is 3.54. The van der Waals surface area contributed by atoms with Crippen molar-refractivity contribution >= 4 is 11.8 Å². The van der Waals surface area contributed by atoms with E-state index in [2.05, 4.69) is 15.5 Å². The predicted octanol–water partition coefficient (Wildman–Crippen LogP) is 2.16. The summed E-state index contributed by atoms with van der Waals surface area (Å²) in [6.07, 6.45) is 0.885. The summed E-state index contributed by atoms with van der Waals surface area (Å²) < 4.78 is 5.12. The second-order valence-electron chi connectivity index (χ2n) is 6.42. The van der Waals surface area contributed by atoms with E-state index >= 15 is 0 Å². The van der Waals surface area contributed by atoms with Gasteiger partial charge >= 0.3 is 0 Å². The molecule has 1 saturated heterocycles. The van der Waals surface area contributed by atoms with Gasteiger partial charge in [0.25, 0.3) is 0 Å². The van der Waals surface area contributed by atoms with E-state index in [0.717, 1.165) is 5.56 Å². The third kappa shape index (κ3) is 3.55. The normalized spacial score (nSPS) is 21.9. The molecule has 25 heavy (non-hydrogen) atoms. The highest BCUT2D eigenvalue weighted by molar-refractivity contribution is 5.85. The third-order valence-corrected chi connectivity index (χ3v) is 4.61. The van der Waals surface area contributed by atoms with Crippen molar-refractivity contribution < 1.29 is 14.1 Å². The summed E-state index contributed by atoms with van der Waals surface area (Å²) in [4.78, 5) is 30.9. The van der Waals surface area contributed by atoms with Crippen LogP contribution >= 0.6 is 0 Å². The molecule has 0 aliphatic carbocycles. The number of hydrogen-bond acceptors (Lipinski definition) is 5. The van der Waals surface area contributed by atoms with Crippen molar-refractivity contribution in [2.24, 2.45) is 5.92 Å². The highest BCUT2D eigenvalue weighted by atomic mass is 16.5. The van der Waals surface area contributed by atoms with Gasteiger partial charge in [-0.3, -0.25) is 9.59 Å². The summed E-state index contributed by atoms with van der Waals surface area (Å²) in [5, 5.41) is 6.69. The fraction of sp³-hybridized carbons (Fsp3) is 0.444. The van der Waals surface area contributed by atoms with Gasteiger partial charge in [0.2, 0.25) is 17.7 Å². The first-order valence-corrected chi connectivity index (χ1v) is 8.38. The van der Waals surface area contributed by atoms with Crippen LogP contribution in [-0.2, 0) is 9.59 Å². The number of hydrogen-bond donors (Lipinski definition) is 1. The number of nitrogens with one attached hydrogen (secondary N) is 1. The van der Waals surface area contributed by atoms with Crippen molar-refractivity contribution in [1.29, 1.82) is 0 Å². The van der Waals surface area contributed by atoms with E-state index in [1.165, 1.54) is 0 Å². The molecule has 2 aromatic rings. The molecule has 0 radical (unpaired) electrons. The minimum Gasteiger partial charge on any atom is -0.344 e. The Kier molecular flexibility index (Phi) is 4.83. The first-order valence-electron chi connectivity index (χ1n) is 8.38. The van der Waals surface area contributed by atoms with Crippen molar-refractivity contribution in [2.75, 3.05) is 7.05 Å². The lowest BCUT2D eigenvalue weighted by Gasteiger charge is -2.38. The van der Waals surface area contributed by atoms with Crippen molar-refractivity contribution in [3.05, 3.63) is 47.6 Å². The topological polar surface area (TPSA) is 88.3 Å². The molecule has 1 N–H and O–H groups in total. The monoisotopic (exact) mass is 342 g/mol. The van der Waals surface area contributed by atoms with E-state index in [9.17, 15) is 9.59 Å². The van der Waals surface area contributed by atoms with Crippen molar-refractivity contribution in [3.63, 3.8) is 0 Å². The SMILES string of the molecule is Cc1noc(C(C)NC(=O)C2CCC(=O)N(C)C2c2ccccc2)n1. The molecular weight excluding hydrogens is 320 g/mol. The predicted molar refractivity (Wildman–Crippen MR) is 90.3 cm³/mol. The van der Waals surface area contributed by atoms with Gasteiger partial charge in [-0.2, -0.15) is 4.98 Å². The molecule has 132 valence electrons. The highest BCUT2D eigenvalue weighted by Crippen LogP contribution is 2.36. The van der Waals surface area contributed by atoms with E-state index in [4.69, 9.17) is 4.52 Å². The number of nitrogens with zero attached hydrogens (tertiary/aromatic N) is 3. The minimum absolute atomic E-state index is 0.0541. The summed E-state index contributed by atoms with van der Waals surface area (Å²) >= 11 is 0. The maximum atomic E-state index is 12.9. The molecule has 7 heteroatoms. The van der Waals surface area contributed by atoms with Gasteiger partial charge < -0.3 is 14.7 Å². The molecule has 0 saturated carbocycles. The van der Waals surface area contributed by atoms with Gasteiger partial charge in [0.05, 0.1) is 12.0 Å². The molecule has 0 bridgehead atoms. The number of amides is 2. The lowest BCUT2D eigenvalue weighted by atomic mass is 9.84. The Morgan fingerprint density at radius 3 is 2.72 bits per heavy atom. The Morgan fingerprint density at radius 1 is 1.36 bits per heavy atom. The number of aryl methyl sites for hydroxylation is 1. The number of piperidine rings is 1. The first kappa shape index (κ1) is 17.1. The van der Waals surface area contributed by atoms with E-state index in [1.54, 1.807) is 25.8 Å². The number of carbonyl (C=O) groups is 2. The van der Waals surface area contributed by atoms with Crippen LogP contribution in [0.2, 0.25) is 0 Å². The standard InChI is InChI=1S/C18H22N4O3/c1-11(18-20-12(2)21-25-18)19-17(24)14-9-10-15(23)22(3)16(14)13-7-5-4-6-8-13/h4-8,11,14,16H,9-10H2,1-3H3,(H,19,24). The van der Waals surface area contributed by atoms with Crippen LogP contribution in [0, 0.1) is 12.8 Å². The zero-order valence-electron chi connectivity index (χ0n) is 14.6. The van der Waals surface area contributed by atoms with Crippen LogP contribution in [0.1, 0.15) is 49.1 Å². The molecule has 1 aliphatic rings. The fourth-order valence-corrected chi connectivity index (χ4v) is 3.29. The summed E-state index contributed by atoms with van der Waals surface area (Å²) in [5.41, 5.74) is 0.958. The average molecular weight is 342 g/mol. The van der Waals surface area contributed by atoms with Crippen molar-refractivity contribution in [3.8, 4) is 0 Å². The molecule has 2 heterocycles. The van der Waals surface area contributed by atoms with Crippen LogP contribution in [-0.4, -0.2) is 33.9 Å². The van der Waals surface area contributed by atoms with E-state index in [1.807, 2.05) is 30.3 Å². The van der Waals surface area contributed by atoms with Gasteiger partial charge in [0.1, 0.15) is 6.04 Å². The molecule has 3 atom stereocenters. The molecule has 1 aromatic heterocycles. The second-order valence-corrected chi connectivity index (χ2v) is 6.42. The van der Waals surface area contributed by atoms with Gasteiger partial charge in [0, 0.05) is 13.5 Å². The Balaban J connectivity index is 1.80. The molecule has 1 fully saturated rings. The highest BCUT2D eigenvalue weighted by Gasteiger charge is 2.39. The summed E-state index contributed by atoms with van der Waals surface area (Å²) in [6, 6.07) is 8.99. The van der Waals surface area contributed by atoms with Crippen LogP contribution < -0.4 is 5.32 Å². The van der Waals surface area contributed by atoms with Crippen LogP contribution in [0.5, 0.6) is 0 Å². The number of carbonyl (C=O) groups excluding carboxylic acids is 2. The van der Waals surface area contributed by atoms with E-state index in [-0.39, 0.29) is 29.8 Å². The summed E-state index contributed by atoms with van der Waals surface area (Å²) in [5.74, 6) is 0.523. The molecule has 7 nitrogen and oxygen atoms in total. The van der Waals surface area contributed by atoms with Crippen molar-refractivity contribution in [2.45, 2.75) is 38.8 Å². The summed E-state index contributed by atoms with van der Waals surface area (Å²) in [7, 11) is 1.75. The second kappa shape index (κ2) is 7.04. The third-order valence-electron chi connectivity index (χ3n) is 4.61. The Labute approximate surface area is 146 Å². The Hall–Kier alpha value is -2.70. The number of aromatic nitrogens is 2. The number of benzene rings is 1. The van der Waals surface area contributed by atoms with Crippen molar-refractivity contribution in [1.82, 2.24) is 20.4 Å². The lowest BCUT2D eigenvalue weighted by molar-refractivity contribution is -0.142. The molecule has 3 rings (SSSR count). The lowest BCUT2D eigenvalue weighted by Crippen LogP contribution is -2.46. The molecule has 0 spiro atoms. The Bertz CT molecular complexity index is 759. The number of rotatable bonds is 4.